The first kappa shape index (κ1) is 25.3. The lowest BCUT2D eigenvalue weighted by Gasteiger charge is -2.42. The number of hydrogen-bond acceptors (Lipinski definition) is 4. The average molecular weight is 439 g/mol. The smallest absolute Gasteiger partial charge is 0.329 e. The van der Waals surface area contributed by atoms with Crippen LogP contribution in [0.2, 0.25) is 0 Å². The molecule has 1 unspecified atom stereocenters. The maximum absolute atomic E-state index is 12.8. The highest BCUT2D eigenvalue weighted by Crippen LogP contribution is 2.33. The van der Waals surface area contributed by atoms with E-state index in [4.69, 9.17) is 0 Å². The SMILES string of the molecule is CC(NC(=O)N1CCN(C2CCNCC2)CC1)(C(=O)O)C1CCCCC1.Cl.Cl. The molecule has 2 amide bonds. The average Bonchev–Trinajstić information content (AvgIpc) is 2.69. The van der Waals surface area contributed by atoms with Gasteiger partial charge in [-0.25, -0.2) is 9.59 Å². The number of piperazine rings is 1. The van der Waals surface area contributed by atoms with Gasteiger partial charge in [-0.1, -0.05) is 19.3 Å². The van der Waals surface area contributed by atoms with Gasteiger partial charge in [-0.05, 0) is 51.6 Å². The first-order valence-corrected chi connectivity index (χ1v) is 10.3. The molecule has 2 heterocycles. The second kappa shape index (κ2) is 11.4. The predicted octanol–water partition coefficient (Wildman–Crippen LogP) is 2.33. The molecule has 0 spiro atoms. The van der Waals surface area contributed by atoms with Gasteiger partial charge >= 0.3 is 12.0 Å². The van der Waals surface area contributed by atoms with Crippen LogP contribution in [0.5, 0.6) is 0 Å². The third-order valence-corrected chi connectivity index (χ3v) is 6.66. The number of carbonyl (C=O) groups is 2. The van der Waals surface area contributed by atoms with Crippen molar-refractivity contribution in [1.29, 1.82) is 0 Å². The number of urea groups is 1. The highest BCUT2D eigenvalue weighted by molar-refractivity contribution is 5.86. The van der Waals surface area contributed by atoms with Crippen LogP contribution in [-0.4, -0.2) is 77.8 Å². The van der Waals surface area contributed by atoms with Crippen LogP contribution in [-0.2, 0) is 4.79 Å². The fourth-order valence-corrected chi connectivity index (χ4v) is 4.77. The first-order chi connectivity index (χ1) is 12.5. The largest absolute Gasteiger partial charge is 0.480 e. The van der Waals surface area contributed by atoms with Crippen LogP contribution in [0, 0.1) is 5.92 Å². The minimum Gasteiger partial charge on any atom is -0.480 e. The second-order valence-corrected chi connectivity index (χ2v) is 8.28. The number of piperidine rings is 1. The molecule has 3 fully saturated rings. The molecule has 7 nitrogen and oxygen atoms in total. The molecule has 3 N–H and O–H groups in total. The van der Waals surface area contributed by atoms with Crippen LogP contribution in [0.1, 0.15) is 51.9 Å². The quantitative estimate of drug-likeness (QED) is 0.626. The van der Waals surface area contributed by atoms with E-state index in [0.717, 1.165) is 51.9 Å². The van der Waals surface area contributed by atoms with Crippen molar-refractivity contribution < 1.29 is 14.7 Å². The molecule has 1 atom stereocenters. The zero-order chi connectivity index (χ0) is 18.6. The normalized spacial score (nSPS) is 24.4. The lowest BCUT2D eigenvalue weighted by molar-refractivity contribution is -0.146. The van der Waals surface area contributed by atoms with Crippen LogP contribution >= 0.6 is 24.8 Å². The summed E-state index contributed by atoms with van der Waals surface area (Å²) in [6, 6.07) is 0.401. The molecule has 0 bridgehead atoms. The Labute approximate surface area is 180 Å². The van der Waals surface area contributed by atoms with Crippen LogP contribution in [0.25, 0.3) is 0 Å². The van der Waals surface area contributed by atoms with Crippen molar-refractivity contribution in [2.75, 3.05) is 39.3 Å². The van der Waals surface area contributed by atoms with E-state index in [-0.39, 0.29) is 36.8 Å². The lowest BCUT2D eigenvalue weighted by Crippen LogP contribution is -2.63. The van der Waals surface area contributed by atoms with Crippen molar-refractivity contribution in [3.63, 3.8) is 0 Å². The van der Waals surface area contributed by atoms with Gasteiger partial charge in [-0.2, -0.15) is 0 Å². The Morgan fingerprint density at radius 3 is 2.07 bits per heavy atom. The van der Waals surface area contributed by atoms with E-state index in [0.29, 0.717) is 19.1 Å². The zero-order valence-corrected chi connectivity index (χ0v) is 18.5. The number of nitrogens with zero attached hydrogens (tertiary/aromatic N) is 2. The van der Waals surface area contributed by atoms with Gasteiger partial charge < -0.3 is 20.6 Å². The van der Waals surface area contributed by atoms with E-state index in [2.05, 4.69) is 15.5 Å². The monoisotopic (exact) mass is 438 g/mol. The second-order valence-electron chi connectivity index (χ2n) is 8.28. The fraction of sp³-hybridized carbons (Fsp3) is 0.895. The van der Waals surface area contributed by atoms with Crippen LogP contribution in [0.4, 0.5) is 4.79 Å². The van der Waals surface area contributed by atoms with Crippen LogP contribution < -0.4 is 10.6 Å². The number of hydrogen-bond donors (Lipinski definition) is 3. The van der Waals surface area contributed by atoms with Gasteiger partial charge in [0.1, 0.15) is 5.54 Å². The molecular weight excluding hydrogens is 403 g/mol. The molecule has 2 aliphatic heterocycles. The Morgan fingerprint density at radius 1 is 0.964 bits per heavy atom. The minimum atomic E-state index is -1.16. The Kier molecular flexibility index (Phi) is 10.3. The van der Waals surface area contributed by atoms with Gasteiger partial charge in [0.15, 0.2) is 0 Å². The Balaban J connectivity index is 0.00000196. The van der Waals surface area contributed by atoms with E-state index >= 15 is 0 Å². The summed E-state index contributed by atoms with van der Waals surface area (Å²) in [5, 5.41) is 16.1. The maximum atomic E-state index is 12.8. The summed E-state index contributed by atoms with van der Waals surface area (Å²) in [6.07, 6.45) is 7.38. The molecule has 0 aromatic heterocycles. The third-order valence-electron chi connectivity index (χ3n) is 6.66. The molecule has 3 rings (SSSR count). The zero-order valence-electron chi connectivity index (χ0n) is 16.8. The molecule has 2 saturated heterocycles. The van der Waals surface area contributed by atoms with E-state index in [9.17, 15) is 14.7 Å². The number of carboxylic acids is 1. The Morgan fingerprint density at radius 2 is 1.54 bits per heavy atom. The number of aliphatic carboxylic acids is 1. The topological polar surface area (TPSA) is 84.9 Å². The molecule has 164 valence electrons. The van der Waals surface area contributed by atoms with Crippen molar-refractivity contribution in [3.05, 3.63) is 0 Å². The summed E-state index contributed by atoms with van der Waals surface area (Å²) >= 11 is 0. The van der Waals surface area contributed by atoms with E-state index in [1.807, 2.05) is 0 Å². The summed E-state index contributed by atoms with van der Waals surface area (Å²) in [7, 11) is 0. The summed E-state index contributed by atoms with van der Waals surface area (Å²) in [5.74, 6) is -0.889. The van der Waals surface area contributed by atoms with Crippen molar-refractivity contribution in [1.82, 2.24) is 20.4 Å². The maximum Gasteiger partial charge on any atom is 0.329 e. The van der Waals surface area contributed by atoms with E-state index in [1.165, 1.54) is 19.3 Å². The standard InChI is InChI=1S/C19H34N4O3.2ClH/c1-19(17(24)25,15-5-3-2-4-6-15)21-18(26)23-13-11-22(12-14-23)16-7-9-20-10-8-16;;/h15-16,20H,2-14H2,1H3,(H,21,26)(H,24,25);2*1H. The highest BCUT2D eigenvalue weighted by Gasteiger charge is 2.44. The molecule has 0 aromatic carbocycles. The molecule has 3 aliphatic rings. The van der Waals surface area contributed by atoms with Gasteiger partial charge in [-0.15, -0.1) is 24.8 Å². The molecule has 9 heteroatoms. The van der Waals surface area contributed by atoms with Crippen LogP contribution in [0.15, 0.2) is 0 Å². The number of rotatable bonds is 4. The van der Waals surface area contributed by atoms with Crippen molar-refractivity contribution in [2.24, 2.45) is 5.92 Å². The van der Waals surface area contributed by atoms with Gasteiger partial charge in [-0.3, -0.25) is 4.90 Å². The van der Waals surface area contributed by atoms with Crippen molar-refractivity contribution in [2.45, 2.75) is 63.5 Å². The van der Waals surface area contributed by atoms with E-state index in [1.54, 1.807) is 11.8 Å². The third kappa shape index (κ3) is 5.88. The summed E-state index contributed by atoms with van der Waals surface area (Å²) in [5.41, 5.74) is -1.16. The predicted molar refractivity (Wildman–Crippen MR) is 115 cm³/mol. The fourth-order valence-electron chi connectivity index (χ4n) is 4.77. The summed E-state index contributed by atoms with van der Waals surface area (Å²) in [6.45, 7) is 6.95. The Hall–Kier alpha value is -0.760. The summed E-state index contributed by atoms with van der Waals surface area (Å²) in [4.78, 5) is 29.0. The first-order valence-electron chi connectivity index (χ1n) is 10.3. The molecule has 0 radical (unpaired) electrons. The van der Waals surface area contributed by atoms with Gasteiger partial charge in [0, 0.05) is 32.2 Å². The highest BCUT2D eigenvalue weighted by atomic mass is 35.5. The molecular formula is C19H36Cl2N4O3. The molecule has 28 heavy (non-hydrogen) atoms. The minimum absolute atomic E-state index is 0. The molecule has 1 saturated carbocycles. The number of nitrogens with one attached hydrogen (secondary N) is 2. The van der Waals surface area contributed by atoms with Gasteiger partial charge in [0.25, 0.3) is 0 Å². The van der Waals surface area contributed by atoms with Gasteiger partial charge in [0.2, 0.25) is 0 Å². The summed E-state index contributed by atoms with van der Waals surface area (Å²) < 4.78 is 0. The number of carboxylic acid groups (broad SMARTS) is 1. The molecule has 1 aliphatic carbocycles. The van der Waals surface area contributed by atoms with Gasteiger partial charge in [0.05, 0.1) is 0 Å². The Bertz CT molecular complexity index is 505. The van der Waals surface area contributed by atoms with Crippen LogP contribution in [0.3, 0.4) is 0 Å². The number of amides is 2. The number of halogens is 2. The van der Waals surface area contributed by atoms with Crippen molar-refractivity contribution >= 4 is 36.8 Å². The molecule has 0 aromatic rings. The van der Waals surface area contributed by atoms with E-state index < -0.39 is 11.5 Å². The van der Waals surface area contributed by atoms with Crippen molar-refractivity contribution in [3.8, 4) is 0 Å². The number of carbonyl (C=O) groups excluding carboxylic acids is 1. The lowest BCUT2D eigenvalue weighted by atomic mass is 9.75.